The first-order valence-electron chi connectivity index (χ1n) is 3.81. The van der Waals surface area contributed by atoms with Gasteiger partial charge in [0.25, 0.3) is 0 Å². The quantitative estimate of drug-likeness (QED) is 0.608. The van der Waals surface area contributed by atoms with Crippen molar-refractivity contribution in [2.45, 2.75) is 0 Å². The fraction of sp³-hybridized carbons (Fsp3) is 0.167. The van der Waals surface area contributed by atoms with E-state index < -0.39 is 7.04 Å². The van der Waals surface area contributed by atoms with Crippen LogP contribution in [0.25, 0.3) is 0 Å². The Balaban J connectivity index is 2.71. The van der Waals surface area contributed by atoms with Crippen molar-refractivity contribution in [3.05, 3.63) is 18.3 Å². The molecule has 0 aliphatic carbocycles. The van der Waals surface area contributed by atoms with Gasteiger partial charge in [-0.15, -0.1) is 0 Å². The van der Waals surface area contributed by atoms with E-state index in [1.807, 2.05) is 0 Å². The molecule has 0 aromatic carbocycles. The van der Waals surface area contributed by atoms with Gasteiger partial charge in [-0.2, -0.15) is 0 Å². The molecule has 0 spiro atoms. The van der Waals surface area contributed by atoms with Crippen LogP contribution in [0.15, 0.2) is 18.3 Å². The maximum Gasteiger partial charge on any atom is 0.213 e. The summed E-state index contributed by atoms with van der Waals surface area (Å²) in [6.45, 7) is 0. The summed E-state index contributed by atoms with van der Waals surface area (Å²) in [5.74, 6) is -0.0688. The standard InChI is InChI=1S/C6H7NO2/c1-9-6-3-2-5(8)4-7-6/h2-4,8H,1H3/i1D3. The van der Waals surface area contributed by atoms with Crippen LogP contribution < -0.4 is 4.74 Å². The molecule has 48 valence electrons. The third-order valence-electron chi connectivity index (χ3n) is 0.825. The summed E-state index contributed by atoms with van der Waals surface area (Å²) in [6, 6.07) is 2.58. The van der Waals surface area contributed by atoms with Gasteiger partial charge < -0.3 is 9.84 Å². The van der Waals surface area contributed by atoms with Gasteiger partial charge >= 0.3 is 0 Å². The molecule has 0 bridgehead atoms. The molecule has 0 aliphatic rings. The Hall–Kier alpha value is -1.25. The van der Waals surface area contributed by atoms with E-state index >= 15 is 0 Å². The fourth-order valence-electron chi connectivity index (χ4n) is 0.433. The Morgan fingerprint density at radius 3 is 3.22 bits per heavy atom. The first kappa shape index (κ1) is 3.06. The summed E-state index contributed by atoms with van der Waals surface area (Å²) in [5, 5.41) is 8.80. The van der Waals surface area contributed by atoms with Crippen molar-refractivity contribution in [3.8, 4) is 11.6 Å². The summed E-state index contributed by atoms with van der Waals surface area (Å²) >= 11 is 0. The van der Waals surface area contributed by atoms with E-state index in [9.17, 15) is 0 Å². The minimum Gasteiger partial charge on any atom is -0.506 e. The highest BCUT2D eigenvalue weighted by Crippen LogP contribution is 2.10. The molecule has 0 aliphatic heterocycles. The number of aromatic nitrogens is 1. The molecule has 0 atom stereocenters. The highest BCUT2D eigenvalue weighted by Gasteiger charge is 1.89. The van der Waals surface area contributed by atoms with Crippen molar-refractivity contribution in [2.24, 2.45) is 0 Å². The first-order chi connectivity index (χ1) is 5.47. The molecule has 3 heteroatoms. The molecule has 0 fully saturated rings. The Labute approximate surface area is 57.1 Å². The second-order valence-corrected chi connectivity index (χ2v) is 1.46. The number of pyridine rings is 1. The lowest BCUT2D eigenvalue weighted by molar-refractivity contribution is 0.394. The normalized spacial score (nSPS) is 15.3. The van der Waals surface area contributed by atoms with Gasteiger partial charge in [-0.3, -0.25) is 0 Å². The van der Waals surface area contributed by atoms with Crippen molar-refractivity contribution < 1.29 is 14.0 Å². The van der Waals surface area contributed by atoms with Crippen molar-refractivity contribution >= 4 is 0 Å². The minimum atomic E-state index is -2.50. The summed E-state index contributed by atoms with van der Waals surface area (Å²) in [4.78, 5) is 3.53. The monoisotopic (exact) mass is 128 g/mol. The second-order valence-electron chi connectivity index (χ2n) is 1.46. The topological polar surface area (TPSA) is 42.4 Å². The van der Waals surface area contributed by atoms with E-state index in [0.29, 0.717) is 0 Å². The van der Waals surface area contributed by atoms with E-state index in [2.05, 4.69) is 9.72 Å². The van der Waals surface area contributed by atoms with Gasteiger partial charge in [-0.05, 0) is 6.07 Å². The Morgan fingerprint density at radius 2 is 2.67 bits per heavy atom. The molecule has 1 aromatic rings. The zero-order valence-corrected chi connectivity index (χ0v) is 4.53. The molecular weight excluding hydrogens is 118 g/mol. The van der Waals surface area contributed by atoms with Gasteiger partial charge in [0, 0.05) is 6.07 Å². The molecule has 9 heavy (non-hydrogen) atoms. The van der Waals surface area contributed by atoms with Gasteiger partial charge in [-0.25, -0.2) is 4.98 Å². The predicted molar refractivity (Wildman–Crippen MR) is 32.5 cm³/mol. The van der Waals surface area contributed by atoms with E-state index in [0.717, 1.165) is 6.20 Å². The van der Waals surface area contributed by atoms with Gasteiger partial charge in [0.1, 0.15) is 5.75 Å². The van der Waals surface area contributed by atoms with E-state index in [-0.39, 0.29) is 11.6 Å². The smallest absolute Gasteiger partial charge is 0.213 e. The van der Waals surface area contributed by atoms with E-state index in [1.165, 1.54) is 12.1 Å². The Bertz CT molecular complexity index is 256. The van der Waals surface area contributed by atoms with E-state index in [4.69, 9.17) is 9.22 Å². The van der Waals surface area contributed by atoms with Crippen LogP contribution in [0, 0.1) is 0 Å². The maximum absolute atomic E-state index is 8.80. The molecule has 0 unspecified atom stereocenters. The van der Waals surface area contributed by atoms with Gasteiger partial charge in [-0.1, -0.05) is 0 Å². The molecule has 1 aromatic heterocycles. The molecule has 1 heterocycles. The van der Waals surface area contributed by atoms with Gasteiger partial charge in [0.05, 0.1) is 17.3 Å². The number of aromatic hydroxyl groups is 1. The summed E-state index contributed by atoms with van der Waals surface area (Å²) in [6.07, 6.45) is 1.11. The highest BCUT2D eigenvalue weighted by atomic mass is 16.5. The van der Waals surface area contributed by atoms with Gasteiger partial charge in [0.2, 0.25) is 5.88 Å². The van der Waals surface area contributed by atoms with Crippen LogP contribution in [0.3, 0.4) is 0 Å². The minimum absolute atomic E-state index is 0.0344. The van der Waals surface area contributed by atoms with Crippen LogP contribution >= 0.6 is 0 Å². The van der Waals surface area contributed by atoms with Crippen molar-refractivity contribution in [3.63, 3.8) is 0 Å². The van der Waals surface area contributed by atoms with Crippen molar-refractivity contribution in [2.75, 3.05) is 7.04 Å². The molecule has 0 amide bonds. The number of hydrogen-bond donors (Lipinski definition) is 1. The van der Waals surface area contributed by atoms with E-state index in [1.54, 1.807) is 0 Å². The second kappa shape index (κ2) is 2.35. The largest absolute Gasteiger partial charge is 0.506 e. The van der Waals surface area contributed by atoms with Crippen LogP contribution in [-0.4, -0.2) is 17.1 Å². The zero-order valence-electron chi connectivity index (χ0n) is 7.53. The molecule has 1 rings (SSSR count). The lowest BCUT2D eigenvalue weighted by Crippen LogP contribution is -1.84. The van der Waals surface area contributed by atoms with Crippen LogP contribution in [-0.2, 0) is 0 Å². The molecule has 0 saturated heterocycles. The molecule has 0 saturated carbocycles. The summed E-state index contributed by atoms with van der Waals surface area (Å²) in [7, 11) is -2.50. The molecule has 0 radical (unpaired) electrons. The SMILES string of the molecule is [2H]C([2H])([2H])Oc1ccc(O)cn1. The Morgan fingerprint density at radius 1 is 1.78 bits per heavy atom. The lowest BCUT2D eigenvalue weighted by Gasteiger charge is -1.95. The van der Waals surface area contributed by atoms with Gasteiger partial charge in [0.15, 0.2) is 0 Å². The number of nitrogens with zero attached hydrogens (tertiary/aromatic N) is 1. The van der Waals surface area contributed by atoms with Crippen LogP contribution in [0.1, 0.15) is 4.11 Å². The molecular formula is C6H7NO2. The lowest BCUT2D eigenvalue weighted by atomic mass is 10.4. The average molecular weight is 128 g/mol. The van der Waals surface area contributed by atoms with Crippen LogP contribution in [0.4, 0.5) is 0 Å². The predicted octanol–water partition coefficient (Wildman–Crippen LogP) is 0.796. The fourth-order valence-corrected chi connectivity index (χ4v) is 0.433. The number of methoxy groups -OCH3 is 1. The number of rotatable bonds is 1. The van der Waals surface area contributed by atoms with Crippen LogP contribution in [0.5, 0.6) is 11.6 Å². The first-order valence-corrected chi connectivity index (χ1v) is 2.31. The van der Waals surface area contributed by atoms with Crippen molar-refractivity contribution in [1.29, 1.82) is 0 Å². The average Bonchev–Trinajstić information content (AvgIpc) is 1.91. The highest BCUT2D eigenvalue weighted by molar-refractivity contribution is 5.20. The molecule has 1 N–H and O–H groups in total. The number of hydrogen-bond acceptors (Lipinski definition) is 3. The third kappa shape index (κ3) is 1.32. The maximum atomic E-state index is 8.80. The zero-order chi connectivity index (χ0) is 9.19. The molecule has 3 nitrogen and oxygen atoms in total. The Kier molecular flexibility index (Phi) is 0.797. The summed E-state index contributed by atoms with van der Waals surface area (Å²) in [5.41, 5.74) is 0. The van der Waals surface area contributed by atoms with Crippen molar-refractivity contribution in [1.82, 2.24) is 4.98 Å². The third-order valence-corrected chi connectivity index (χ3v) is 0.825. The number of ether oxygens (including phenoxy) is 1. The van der Waals surface area contributed by atoms with Crippen LogP contribution in [0.2, 0.25) is 0 Å². The summed E-state index contributed by atoms with van der Waals surface area (Å²) < 4.78 is 24.6.